The largest absolute Gasteiger partial charge is 0.304 e. The van der Waals surface area contributed by atoms with E-state index in [2.05, 4.69) is 34.6 Å². The third-order valence-electron chi connectivity index (χ3n) is 4.05. The van der Waals surface area contributed by atoms with Gasteiger partial charge in [0.2, 0.25) is 5.91 Å². The SMILES string of the molecule is O=C1NC(=Nc2ccccc2)S[C@@H]1Cc1cccc2ccccc12. The molecule has 1 fully saturated rings. The Hall–Kier alpha value is -2.59. The van der Waals surface area contributed by atoms with Crippen molar-refractivity contribution in [2.75, 3.05) is 0 Å². The van der Waals surface area contributed by atoms with Crippen LogP contribution in [0.2, 0.25) is 0 Å². The van der Waals surface area contributed by atoms with Crippen LogP contribution in [0.3, 0.4) is 0 Å². The molecule has 0 radical (unpaired) electrons. The van der Waals surface area contributed by atoms with Crippen LogP contribution in [0.5, 0.6) is 0 Å². The molecule has 0 spiro atoms. The number of amides is 1. The summed E-state index contributed by atoms with van der Waals surface area (Å²) in [6, 6.07) is 24.2. The molecule has 4 rings (SSSR count). The second-order valence-corrected chi connectivity index (χ2v) is 6.88. The van der Waals surface area contributed by atoms with E-state index in [1.54, 1.807) is 0 Å². The minimum Gasteiger partial charge on any atom is -0.304 e. The van der Waals surface area contributed by atoms with Gasteiger partial charge in [-0.3, -0.25) is 4.79 Å². The fourth-order valence-corrected chi connectivity index (χ4v) is 3.90. The summed E-state index contributed by atoms with van der Waals surface area (Å²) < 4.78 is 0. The topological polar surface area (TPSA) is 41.5 Å². The number of benzene rings is 3. The normalized spacial score (nSPS) is 18.9. The van der Waals surface area contributed by atoms with Crippen molar-refractivity contribution in [1.29, 1.82) is 0 Å². The average molecular weight is 332 g/mol. The van der Waals surface area contributed by atoms with Crippen molar-refractivity contribution in [2.45, 2.75) is 11.7 Å². The van der Waals surface area contributed by atoms with Crippen LogP contribution in [0, 0.1) is 0 Å². The highest BCUT2D eigenvalue weighted by Crippen LogP contribution is 2.28. The highest BCUT2D eigenvalue weighted by Gasteiger charge is 2.30. The third kappa shape index (κ3) is 3.05. The standard InChI is InChI=1S/C20H16N2OS/c23-19-18(24-20(22-19)21-16-10-2-1-3-11-16)13-15-9-6-8-14-7-4-5-12-17(14)15/h1-12,18H,13H2,(H,21,22,23)/t18-/m1/s1. The lowest BCUT2D eigenvalue weighted by Gasteiger charge is -2.09. The van der Waals surface area contributed by atoms with Crippen molar-refractivity contribution in [3.05, 3.63) is 78.4 Å². The maximum absolute atomic E-state index is 12.3. The summed E-state index contributed by atoms with van der Waals surface area (Å²) in [5, 5.41) is 5.85. The Balaban J connectivity index is 1.57. The van der Waals surface area contributed by atoms with Gasteiger partial charge in [0.05, 0.1) is 10.9 Å². The summed E-state index contributed by atoms with van der Waals surface area (Å²) in [6.07, 6.45) is 0.700. The number of carbonyl (C=O) groups excluding carboxylic acids is 1. The first-order valence-corrected chi connectivity index (χ1v) is 8.75. The van der Waals surface area contributed by atoms with Gasteiger partial charge in [-0.25, -0.2) is 4.99 Å². The Labute approximate surface area is 144 Å². The lowest BCUT2D eigenvalue weighted by Crippen LogP contribution is -2.26. The Morgan fingerprint density at radius 3 is 2.54 bits per heavy atom. The van der Waals surface area contributed by atoms with Crippen molar-refractivity contribution in [3.63, 3.8) is 0 Å². The van der Waals surface area contributed by atoms with Crippen LogP contribution in [0.15, 0.2) is 77.8 Å². The van der Waals surface area contributed by atoms with E-state index in [9.17, 15) is 4.79 Å². The Morgan fingerprint density at radius 2 is 1.67 bits per heavy atom. The van der Waals surface area contributed by atoms with Gasteiger partial charge in [-0.15, -0.1) is 0 Å². The lowest BCUT2D eigenvalue weighted by atomic mass is 10.0. The molecule has 0 unspecified atom stereocenters. The van der Waals surface area contributed by atoms with Crippen LogP contribution in [0.25, 0.3) is 10.8 Å². The molecule has 1 atom stereocenters. The highest BCUT2D eigenvalue weighted by atomic mass is 32.2. The molecule has 1 heterocycles. The molecule has 0 aromatic heterocycles. The first-order chi connectivity index (χ1) is 11.8. The molecule has 3 aromatic rings. The zero-order chi connectivity index (χ0) is 16.4. The fourth-order valence-electron chi connectivity index (χ4n) is 2.88. The summed E-state index contributed by atoms with van der Waals surface area (Å²) in [5.41, 5.74) is 2.05. The number of hydrogen-bond donors (Lipinski definition) is 1. The number of nitrogens with zero attached hydrogens (tertiary/aromatic N) is 1. The van der Waals surface area contributed by atoms with Gasteiger partial charge in [-0.1, -0.05) is 72.4 Å². The Kier molecular flexibility index (Phi) is 4.05. The molecule has 0 bridgehead atoms. The van der Waals surface area contributed by atoms with Gasteiger partial charge in [0.15, 0.2) is 5.17 Å². The molecular formula is C20H16N2OS. The van der Waals surface area contributed by atoms with E-state index in [1.807, 2.05) is 48.5 Å². The maximum atomic E-state index is 12.3. The quantitative estimate of drug-likeness (QED) is 0.777. The summed E-state index contributed by atoms with van der Waals surface area (Å²) in [7, 11) is 0. The molecule has 118 valence electrons. The van der Waals surface area contributed by atoms with Gasteiger partial charge < -0.3 is 5.32 Å². The zero-order valence-electron chi connectivity index (χ0n) is 13.0. The van der Waals surface area contributed by atoms with E-state index >= 15 is 0 Å². The second kappa shape index (κ2) is 6.49. The third-order valence-corrected chi connectivity index (χ3v) is 5.13. The first kappa shape index (κ1) is 15.0. The van der Waals surface area contributed by atoms with E-state index in [1.165, 1.54) is 28.1 Å². The minimum atomic E-state index is -0.140. The predicted molar refractivity (Wildman–Crippen MR) is 101 cm³/mol. The molecule has 3 nitrogen and oxygen atoms in total. The Morgan fingerprint density at radius 1 is 0.917 bits per heavy atom. The van der Waals surface area contributed by atoms with E-state index in [0.29, 0.717) is 11.6 Å². The van der Waals surface area contributed by atoms with Crippen LogP contribution < -0.4 is 5.32 Å². The molecule has 1 aliphatic heterocycles. The van der Waals surface area contributed by atoms with Crippen molar-refractivity contribution in [1.82, 2.24) is 5.32 Å². The number of para-hydroxylation sites is 1. The molecule has 3 aromatic carbocycles. The first-order valence-electron chi connectivity index (χ1n) is 7.87. The lowest BCUT2D eigenvalue weighted by molar-refractivity contribution is -0.118. The van der Waals surface area contributed by atoms with E-state index in [0.717, 1.165) is 5.69 Å². The minimum absolute atomic E-state index is 0.0302. The number of thioether (sulfide) groups is 1. The number of hydrogen-bond acceptors (Lipinski definition) is 3. The van der Waals surface area contributed by atoms with Crippen LogP contribution in [-0.2, 0) is 11.2 Å². The van der Waals surface area contributed by atoms with E-state index in [-0.39, 0.29) is 11.2 Å². The molecule has 1 aliphatic rings. The number of fused-ring (bicyclic) bond motifs is 1. The molecule has 1 amide bonds. The van der Waals surface area contributed by atoms with Crippen molar-refractivity contribution in [3.8, 4) is 0 Å². The van der Waals surface area contributed by atoms with Crippen LogP contribution >= 0.6 is 11.8 Å². The van der Waals surface area contributed by atoms with Gasteiger partial charge in [-0.05, 0) is 34.9 Å². The average Bonchev–Trinajstić information content (AvgIpc) is 2.95. The number of rotatable bonds is 3. The molecule has 0 aliphatic carbocycles. The van der Waals surface area contributed by atoms with Crippen molar-refractivity contribution in [2.24, 2.45) is 4.99 Å². The number of carbonyl (C=O) groups is 1. The van der Waals surface area contributed by atoms with Crippen molar-refractivity contribution >= 4 is 39.3 Å². The van der Waals surface area contributed by atoms with Gasteiger partial charge >= 0.3 is 0 Å². The smallest absolute Gasteiger partial charge is 0.239 e. The second-order valence-electron chi connectivity index (χ2n) is 5.69. The van der Waals surface area contributed by atoms with Gasteiger partial charge in [-0.2, -0.15) is 0 Å². The number of amidine groups is 1. The zero-order valence-corrected chi connectivity index (χ0v) is 13.8. The van der Waals surface area contributed by atoms with Gasteiger partial charge in [0.25, 0.3) is 0 Å². The molecule has 1 saturated heterocycles. The van der Waals surface area contributed by atoms with Crippen molar-refractivity contribution < 1.29 is 4.79 Å². The molecule has 1 N–H and O–H groups in total. The van der Waals surface area contributed by atoms with Gasteiger partial charge in [0.1, 0.15) is 0 Å². The number of aliphatic imine (C=N–C) groups is 1. The molecule has 24 heavy (non-hydrogen) atoms. The summed E-state index contributed by atoms with van der Waals surface area (Å²) >= 11 is 1.51. The number of nitrogens with one attached hydrogen (secondary N) is 1. The molecular weight excluding hydrogens is 316 g/mol. The fraction of sp³-hybridized carbons (Fsp3) is 0.100. The predicted octanol–water partition coefficient (Wildman–Crippen LogP) is 4.30. The maximum Gasteiger partial charge on any atom is 0.239 e. The monoisotopic (exact) mass is 332 g/mol. The Bertz CT molecular complexity index is 916. The highest BCUT2D eigenvalue weighted by molar-refractivity contribution is 8.15. The van der Waals surface area contributed by atoms with Crippen LogP contribution in [0.4, 0.5) is 5.69 Å². The molecule has 0 saturated carbocycles. The molecule has 4 heteroatoms. The van der Waals surface area contributed by atoms with Crippen LogP contribution in [0.1, 0.15) is 5.56 Å². The summed E-state index contributed by atoms with van der Waals surface area (Å²) in [5.74, 6) is 0.0302. The van der Waals surface area contributed by atoms with Crippen LogP contribution in [-0.4, -0.2) is 16.3 Å². The summed E-state index contributed by atoms with van der Waals surface area (Å²) in [4.78, 5) is 16.8. The van der Waals surface area contributed by atoms with E-state index in [4.69, 9.17) is 0 Å². The van der Waals surface area contributed by atoms with Gasteiger partial charge in [0, 0.05) is 0 Å². The van der Waals surface area contributed by atoms with E-state index < -0.39 is 0 Å². The summed E-state index contributed by atoms with van der Waals surface area (Å²) in [6.45, 7) is 0.